The highest BCUT2D eigenvalue weighted by Crippen LogP contribution is 2.21. The van der Waals surface area contributed by atoms with E-state index in [2.05, 4.69) is 40.7 Å². The van der Waals surface area contributed by atoms with Gasteiger partial charge in [0.1, 0.15) is 11.6 Å². The first-order valence-corrected chi connectivity index (χ1v) is 11.2. The maximum Gasteiger partial charge on any atom is 0.227 e. The van der Waals surface area contributed by atoms with Crippen molar-refractivity contribution in [3.63, 3.8) is 0 Å². The predicted molar refractivity (Wildman–Crippen MR) is 129 cm³/mol. The molecule has 3 aromatic rings. The van der Waals surface area contributed by atoms with E-state index in [1.165, 1.54) is 0 Å². The molecule has 0 unspecified atom stereocenters. The summed E-state index contributed by atoms with van der Waals surface area (Å²) < 4.78 is 0. The van der Waals surface area contributed by atoms with E-state index in [-0.39, 0.29) is 11.9 Å². The number of anilines is 4. The van der Waals surface area contributed by atoms with Crippen molar-refractivity contribution in [3.8, 4) is 0 Å². The first-order chi connectivity index (χ1) is 15.9. The van der Waals surface area contributed by atoms with E-state index >= 15 is 0 Å². The van der Waals surface area contributed by atoms with Crippen LogP contribution in [-0.2, 0) is 11.2 Å². The summed E-state index contributed by atoms with van der Waals surface area (Å²) in [4.78, 5) is 30.3. The average molecular weight is 450 g/mol. The smallest absolute Gasteiger partial charge is 0.227 e. The molecule has 174 valence electrons. The molecule has 1 aliphatic rings. The molecule has 10 nitrogen and oxygen atoms in total. The number of nitrogens with zero attached hydrogens (tertiary/aromatic N) is 6. The molecule has 0 aliphatic carbocycles. The van der Waals surface area contributed by atoms with Crippen LogP contribution in [0.25, 0.3) is 0 Å². The fraction of sp³-hybridized carbons (Fsp3) is 0.435. The van der Waals surface area contributed by atoms with Crippen LogP contribution < -0.4 is 20.4 Å². The van der Waals surface area contributed by atoms with Crippen LogP contribution in [-0.4, -0.2) is 64.3 Å². The lowest BCUT2D eigenvalue weighted by Crippen LogP contribution is -2.45. The van der Waals surface area contributed by atoms with E-state index in [0.717, 1.165) is 54.5 Å². The van der Waals surface area contributed by atoms with E-state index in [9.17, 15) is 4.79 Å². The van der Waals surface area contributed by atoms with Crippen molar-refractivity contribution >= 4 is 29.3 Å². The lowest BCUT2D eigenvalue weighted by molar-refractivity contribution is -0.121. The van der Waals surface area contributed by atoms with Gasteiger partial charge in [-0.25, -0.2) is 9.97 Å². The minimum atomic E-state index is 0.0282. The normalized spacial score (nSPS) is 14.2. The molecule has 1 saturated heterocycles. The van der Waals surface area contributed by atoms with Gasteiger partial charge in [0.05, 0.1) is 6.42 Å². The van der Waals surface area contributed by atoms with E-state index in [4.69, 9.17) is 0 Å². The zero-order valence-electron chi connectivity index (χ0n) is 19.6. The molecule has 1 aliphatic heterocycles. The van der Waals surface area contributed by atoms with Crippen LogP contribution in [0.2, 0.25) is 0 Å². The number of aromatic nitrogens is 5. The molecule has 4 heterocycles. The molecule has 3 aromatic heterocycles. The second-order valence-corrected chi connectivity index (χ2v) is 8.68. The Hall–Kier alpha value is -3.69. The summed E-state index contributed by atoms with van der Waals surface area (Å²) in [6.45, 7) is 5.48. The van der Waals surface area contributed by atoms with Crippen molar-refractivity contribution in [3.05, 3.63) is 47.4 Å². The topological polar surface area (TPSA) is 115 Å². The number of H-pyrrole nitrogens is 1. The minimum Gasteiger partial charge on any atom is -0.363 e. The summed E-state index contributed by atoms with van der Waals surface area (Å²) in [6, 6.07) is 7.87. The van der Waals surface area contributed by atoms with Gasteiger partial charge in [0.25, 0.3) is 0 Å². The Balaban J connectivity index is 1.30. The molecular weight excluding hydrogens is 418 g/mol. The number of nitrogens with one attached hydrogen (secondary N) is 3. The Morgan fingerprint density at radius 1 is 1.15 bits per heavy atom. The summed E-state index contributed by atoms with van der Waals surface area (Å²) in [7, 11) is 3.89. The van der Waals surface area contributed by atoms with Crippen LogP contribution in [0.4, 0.5) is 23.4 Å². The lowest BCUT2D eigenvalue weighted by Gasteiger charge is -2.32. The molecule has 0 atom stereocenters. The van der Waals surface area contributed by atoms with Gasteiger partial charge in [0, 0.05) is 62.9 Å². The van der Waals surface area contributed by atoms with Crippen molar-refractivity contribution in [1.29, 1.82) is 0 Å². The van der Waals surface area contributed by atoms with Crippen LogP contribution in [0.5, 0.6) is 0 Å². The average Bonchev–Trinajstić information content (AvgIpc) is 3.18. The van der Waals surface area contributed by atoms with Gasteiger partial charge in [0.15, 0.2) is 5.82 Å². The van der Waals surface area contributed by atoms with E-state index in [1.807, 2.05) is 57.1 Å². The first-order valence-electron chi connectivity index (χ1n) is 11.2. The molecule has 3 N–H and O–H groups in total. The molecule has 0 spiro atoms. The lowest BCUT2D eigenvalue weighted by atomic mass is 10.0. The zero-order valence-corrected chi connectivity index (χ0v) is 19.6. The maximum atomic E-state index is 12.5. The zero-order chi connectivity index (χ0) is 23.4. The van der Waals surface area contributed by atoms with Gasteiger partial charge in [-0.1, -0.05) is 6.07 Å². The SMILES string of the molecule is Cc1cc(Nc2cc(C)[nH]n2)nc(N2CCC(NC(=O)Cc3ccc(N(C)C)nc3)CC2)n1. The molecule has 1 fully saturated rings. The summed E-state index contributed by atoms with van der Waals surface area (Å²) in [5.74, 6) is 3.04. The molecule has 1 amide bonds. The van der Waals surface area contributed by atoms with Gasteiger partial charge in [-0.15, -0.1) is 0 Å². The van der Waals surface area contributed by atoms with E-state index < -0.39 is 0 Å². The summed E-state index contributed by atoms with van der Waals surface area (Å²) in [5, 5.41) is 13.5. The third-order valence-electron chi connectivity index (χ3n) is 5.58. The molecule has 4 rings (SSSR count). The van der Waals surface area contributed by atoms with Gasteiger partial charge in [-0.3, -0.25) is 9.89 Å². The number of pyridine rings is 1. The molecule has 0 bridgehead atoms. The number of carbonyl (C=O) groups is 1. The number of aromatic amines is 1. The Bertz CT molecular complexity index is 1090. The van der Waals surface area contributed by atoms with Crippen molar-refractivity contribution in [2.75, 3.05) is 42.3 Å². The number of carbonyl (C=O) groups excluding carboxylic acids is 1. The number of hydrogen-bond donors (Lipinski definition) is 3. The van der Waals surface area contributed by atoms with Crippen molar-refractivity contribution in [2.45, 2.75) is 39.2 Å². The van der Waals surface area contributed by atoms with E-state index in [1.54, 1.807) is 6.20 Å². The number of aryl methyl sites for hydroxylation is 2. The van der Waals surface area contributed by atoms with Crippen LogP contribution in [0.1, 0.15) is 29.8 Å². The molecule has 33 heavy (non-hydrogen) atoms. The van der Waals surface area contributed by atoms with Gasteiger partial charge >= 0.3 is 0 Å². The Kier molecular flexibility index (Phi) is 6.71. The number of rotatable bonds is 7. The minimum absolute atomic E-state index is 0.0282. The molecule has 10 heteroatoms. The van der Waals surface area contributed by atoms with Crippen molar-refractivity contribution < 1.29 is 4.79 Å². The maximum absolute atomic E-state index is 12.5. The molecule has 0 aromatic carbocycles. The van der Waals surface area contributed by atoms with E-state index in [0.29, 0.717) is 18.2 Å². The predicted octanol–water partition coefficient (Wildman–Crippen LogP) is 2.35. The summed E-state index contributed by atoms with van der Waals surface area (Å²) in [5.41, 5.74) is 2.78. The number of piperidine rings is 1. The van der Waals surface area contributed by atoms with Gasteiger partial charge < -0.3 is 20.4 Å². The standard InChI is InChI=1S/C23H31N9O/c1-15-11-19(27-20-12-16(2)29-30-20)28-23(25-15)32-9-7-18(8-10-32)26-22(33)13-17-5-6-21(24-14-17)31(3)4/h5-6,11-12,14,18H,7-10,13H2,1-4H3,(H,26,33)(H2,25,27,28,29,30). The van der Waals surface area contributed by atoms with Gasteiger partial charge in [-0.05, 0) is 38.3 Å². The largest absolute Gasteiger partial charge is 0.363 e. The first kappa shape index (κ1) is 22.5. The Labute approximate surface area is 193 Å². The number of hydrogen-bond acceptors (Lipinski definition) is 8. The van der Waals surface area contributed by atoms with Crippen molar-refractivity contribution in [2.24, 2.45) is 0 Å². The van der Waals surface area contributed by atoms with Crippen LogP contribution in [0.15, 0.2) is 30.5 Å². The summed E-state index contributed by atoms with van der Waals surface area (Å²) >= 11 is 0. The highest BCUT2D eigenvalue weighted by atomic mass is 16.1. The van der Waals surface area contributed by atoms with Crippen molar-refractivity contribution in [1.82, 2.24) is 30.5 Å². The third kappa shape index (κ3) is 5.97. The highest BCUT2D eigenvalue weighted by Gasteiger charge is 2.23. The summed E-state index contributed by atoms with van der Waals surface area (Å²) in [6.07, 6.45) is 3.80. The second-order valence-electron chi connectivity index (χ2n) is 8.68. The van der Waals surface area contributed by atoms with Gasteiger partial charge in [-0.2, -0.15) is 10.1 Å². The Morgan fingerprint density at radius 2 is 1.94 bits per heavy atom. The molecule has 0 radical (unpaired) electrons. The quantitative estimate of drug-likeness (QED) is 0.504. The highest BCUT2D eigenvalue weighted by molar-refractivity contribution is 5.78. The fourth-order valence-corrected chi connectivity index (χ4v) is 3.85. The third-order valence-corrected chi connectivity index (χ3v) is 5.58. The van der Waals surface area contributed by atoms with Crippen LogP contribution in [0.3, 0.4) is 0 Å². The molecular formula is C23H31N9O. The number of amides is 1. The Morgan fingerprint density at radius 3 is 2.58 bits per heavy atom. The van der Waals surface area contributed by atoms with Crippen LogP contribution >= 0.6 is 0 Å². The van der Waals surface area contributed by atoms with Gasteiger partial charge in [0.2, 0.25) is 11.9 Å². The second kappa shape index (κ2) is 9.85. The fourth-order valence-electron chi connectivity index (χ4n) is 3.85. The van der Waals surface area contributed by atoms with Crippen LogP contribution in [0, 0.1) is 13.8 Å². The monoisotopic (exact) mass is 449 g/mol. The molecule has 0 saturated carbocycles.